The van der Waals surface area contributed by atoms with Gasteiger partial charge in [0.05, 0.1) is 5.52 Å². The van der Waals surface area contributed by atoms with Crippen molar-refractivity contribution in [1.82, 2.24) is 9.97 Å². The van der Waals surface area contributed by atoms with E-state index >= 15 is 0 Å². The van der Waals surface area contributed by atoms with Gasteiger partial charge in [0.1, 0.15) is 5.82 Å². The number of pyridine rings is 2. The fraction of sp³-hybridized carbons (Fsp3) is 0.118. The van der Waals surface area contributed by atoms with Crippen molar-refractivity contribution in [3.05, 3.63) is 66.5 Å². The molecular formula is C17H15N3O. The number of aromatic nitrogens is 2. The quantitative estimate of drug-likeness (QED) is 0.796. The summed E-state index contributed by atoms with van der Waals surface area (Å²) in [6, 6.07) is 17.4. The monoisotopic (exact) mass is 277 g/mol. The minimum atomic E-state index is -0.0522. The van der Waals surface area contributed by atoms with Crippen LogP contribution < -0.4 is 5.32 Å². The lowest BCUT2D eigenvalue weighted by atomic mass is 10.1. The van der Waals surface area contributed by atoms with Crippen LogP contribution in [0.25, 0.3) is 10.9 Å². The van der Waals surface area contributed by atoms with Gasteiger partial charge in [0.25, 0.3) is 0 Å². The van der Waals surface area contributed by atoms with Crippen LogP contribution in [0.1, 0.15) is 12.1 Å². The fourth-order valence-electron chi connectivity index (χ4n) is 2.13. The van der Waals surface area contributed by atoms with E-state index in [0.29, 0.717) is 18.7 Å². The molecule has 1 N–H and O–H groups in total. The molecule has 4 heteroatoms. The van der Waals surface area contributed by atoms with Crippen molar-refractivity contribution in [2.75, 3.05) is 5.32 Å². The number of amides is 1. The molecule has 1 amide bonds. The molecular weight excluding hydrogens is 262 g/mol. The third kappa shape index (κ3) is 3.42. The smallest absolute Gasteiger partial charge is 0.225 e. The molecule has 0 saturated carbocycles. The number of anilines is 1. The first-order valence-corrected chi connectivity index (χ1v) is 6.87. The molecule has 0 aliphatic heterocycles. The van der Waals surface area contributed by atoms with Crippen LogP contribution in [-0.4, -0.2) is 15.9 Å². The van der Waals surface area contributed by atoms with Crippen molar-refractivity contribution >= 4 is 22.6 Å². The largest absolute Gasteiger partial charge is 0.311 e. The Labute approximate surface area is 122 Å². The van der Waals surface area contributed by atoms with Crippen molar-refractivity contribution in [1.29, 1.82) is 0 Å². The summed E-state index contributed by atoms with van der Waals surface area (Å²) in [5.74, 6) is 0.526. The Hall–Kier alpha value is -2.75. The van der Waals surface area contributed by atoms with Crippen molar-refractivity contribution in [2.24, 2.45) is 0 Å². The van der Waals surface area contributed by atoms with E-state index < -0.39 is 0 Å². The molecule has 0 saturated heterocycles. The predicted molar refractivity (Wildman–Crippen MR) is 82.9 cm³/mol. The SMILES string of the molecule is O=C(CCc1ccc2ccccc2n1)Nc1ccccn1. The van der Waals surface area contributed by atoms with Crippen LogP contribution in [0.5, 0.6) is 0 Å². The number of para-hydroxylation sites is 1. The van der Waals surface area contributed by atoms with Crippen LogP contribution in [-0.2, 0) is 11.2 Å². The second-order valence-electron chi connectivity index (χ2n) is 4.76. The predicted octanol–water partition coefficient (Wildman–Crippen LogP) is 3.20. The molecule has 0 bridgehead atoms. The Morgan fingerprint density at radius 1 is 1.00 bits per heavy atom. The zero-order chi connectivity index (χ0) is 14.5. The zero-order valence-corrected chi connectivity index (χ0v) is 11.5. The maximum atomic E-state index is 11.9. The normalized spacial score (nSPS) is 10.5. The Bertz CT molecular complexity index is 756. The first-order valence-electron chi connectivity index (χ1n) is 6.87. The van der Waals surface area contributed by atoms with E-state index in [2.05, 4.69) is 15.3 Å². The lowest BCUT2D eigenvalue weighted by Gasteiger charge is -2.05. The molecule has 0 atom stereocenters. The third-order valence-electron chi connectivity index (χ3n) is 3.20. The Balaban J connectivity index is 1.62. The Kier molecular flexibility index (Phi) is 3.87. The summed E-state index contributed by atoms with van der Waals surface area (Å²) in [6.45, 7) is 0. The third-order valence-corrected chi connectivity index (χ3v) is 3.20. The lowest BCUT2D eigenvalue weighted by molar-refractivity contribution is -0.116. The summed E-state index contributed by atoms with van der Waals surface area (Å²) in [7, 11) is 0. The van der Waals surface area contributed by atoms with Crippen molar-refractivity contribution in [2.45, 2.75) is 12.8 Å². The highest BCUT2D eigenvalue weighted by atomic mass is 16.1. The minimum Gasteiger partial charge on any atom is -0.311 e. The van der Waals surface area contributed by atoms with E-state index in [0.717, 1.165) is 16.6 Å². The second-order valence-corrected chi connectivity index (χ2v) is 4.76. The highest BCUT2D eigenvalue weighted by Gasteiger charge is 2.05. The van der Waals surface area contributed by atoms with Gasteiger partial charge in [-0.3, -0.25) is 9.78 Å². The van der Waals surface area contributed by atoms with Crippen LogP contribution in [0, 0.1) is 0 Å². The van der Waals surface area contributed by atoms with Crippen molar-refractivity contribution < 1.29 is 4.79 Å². The van der Waals surface area contributed by atoms with E-state index in [1.165, 1.54) is 0 Å². The molecule has 0 radical (unpaired) electrons. The van der Waals surface area contributed by atoms with Gasteiger partial charge in [-0.2, -0.15) is 0 Å². The van der Waals surface area contributed by atoms with E-state index in [4.69, 9.17) is 0 Å². The average molecular weight is 277 g/mol. The molecule has 0 aliphatic rings. The summed E-state index contributed by atoms with van der Waals surface area (Å²) in [4.78, 5) is 20.5. The molecule has 0 aliphatic carbocycles. The van der Waals surface area contributed by atoms with Gasteiger partial charge in [-0.1, -0.05) is 30.3 Å². The van der Waals surface area contributed by atoms with Gasteiger partial charge in [0, 0.05) is 23.7 Å². The van der Waals surface area contributed by atoms with E-state index in [1.807, 2.05) is 48.5 Å². The van der Waals surface area contributed by atoms with Crippen LogP contribution in [0.4, 0.5) is 5.82 Å². The number of benzene rings is 1. The van der Waals surface area contributed by atoms with Crippen LogP contribution in [0.3, 0.4) is 0 Å². The van der Waals surface area contributed by atoms with Gasteiger partial charge in [-0.25, -0.2) is 4.98 Å². The van der Waals surface area contributed by atoms with Crippen molar-refractivity contribution in [3.63, 3.8) is 0 Å². The average Bonchev–Trinajstić information content (AvgIpc) is 2.54. The standard InChI is InChI=1S/C17H15N3O/c21-17(20-16-7-3-4-12-18-16)11-10-14-9-8-13-5-1-2-6-15(13)19-14/h1-9,12H,10-11H2,(H,18,20,21). The molecule has 2 heterocycles. The fourth-order valence-corrected chi connectivity index (χ4v) is 2.13. The number of rotatable bonds is 4. The number of nitrogens with zero attached hydrogens (tertiary/aromatic N) is 2. The van der Waals surface area contributed by atoms with Gasteiger partial charge in [-0.05, 0) is 30.7 Å². The molecule has 4 nitrogen and oxygen atoms in total. The zero-order valence-electron chi connectivity index (χ0n) is 11.5. The maximum absolute atomic E-state index is 11.9. The van der Waals surface area contributed by atoms with E-state index in [-0.39, 0.29) is 5.91 Å². The van der Waals surface area contributed by atoms with E-state index in [1.54, 1.807) is 12.3 Å². The van der Waals surface area contributed by atoms with Crippen molar-refractivity contribution in [3.8, 4) is 0 Å². The second kappa shape index (κ2) is 6.13. The molecule has 0 fully saturated rings. The number of fused-ring (bicyclic) bond motifs is 1. The minimum absolute atomic E-state index is 0.0522. The highest BCUT2D eigenvalue weighted by molar-refractivity contribution is 5.89. The Morgan fingerprint density at radius 3 is 2.71 bits per heavy atom. The molecule has 0 unspecified atom stereocenters. The number of carbonyl (C=O) groups excluding carboxylic acids is 1. The number of nitrogens with one attached hydrogen (secondary N) is 1. The molecule has 3 rings (SSSR count). The van der Waals surface area contributed by atoms with Gasteiger partial charge < -0.3 is 5.32 Å². The molecule has 3 aromatic rings. The summed E-state index contributed by atoms with van der Waals surface area (Å²) in [5.41, 5.74) is 1.88. The molecule has 21 heavy (non-hydrogen) atoms. The first kappa shape index (κ1) is 13.2. The summed E-state index contributed by atoms with van der Waals surface area (Å²) in [6.07, 6.45) is 2.66. The maximum Gasteiger partial charge on any atom is 0.225 e. The highest BCUT2D eigenvalue weighted by Crippen LogP contribution is 2.13. The number of aryl methyl sites for hydroxylation is 1. The summed E-state index contributed by atoms with van der Waals surface area (Å²) in [5, 5.41) is 3.88. The number of hydrogen-bond donors (Lipinski definition) is 1. The van der Waals surface area contributed by atoms with E-state index in [9.17, 15) is 4.79 Å². The Morgan fingerprint density at radius 2 is 1.86 bits per heavy atom. The number of carbonyl (C=O) groups is 1. The van der Waals surface area contributed by atoms with Gasteiger partial charge in [-0.15, -0.1) is 0 Å². The summed E-state index contributed by atoms with van der Waals surface area (Å²) < 4.78 is 0. The molecule has 0 spiro atoms. The van der Waals surface area contributed by atoms with Gasteiger partial charge in [0.15, 0.2) is 0 Å². The van der Waals surface area contributed by atoms with Crippen LogP contribution >= 0.6 is 0 Å². The van der Waals surface area contributed by atoms with Crippen LogP contribution in [0.15, 0.2) is 60.8 Å². The summed E-state index contributed by atoms with van der Waals surface area (Å²) >= 11 is 0. The molecule has 1 aromatic carbocycles. The van der Waals surface area contributed by atoms with Crippen LogP contribution in [0.2, 0.25) is 0 Å². The topological polar surface area (TPSA) is 54.9 Å². The first-order chi connectivity index (χ1) is 10.3. The van der Waals surface area contributed by atoms with Gasteiger partial charge in [0.2, 0.25) is 5.91 Å². The van der Waals surface area contributed by atoms with Gasteiger partial charge >= 0.3 is 0 Å². The lowest BCUT2D eigenvalue weighted by Crippen LogP contribution is -2.13. The molecule has 2 aromatic heterocycles. The molecule has 104 valence electrons. The number of hydrogen-bond acceptors (Lipinski definition) is 3.